The van der Waals surface area contributed by atoms with Gasteiger partial charge in [-0.25, -0.2) is 8.42 Å². The molecule has 0 fully saturated rings. The van der Waals surface area contributed by atoms with Crippen molar-refractivity contribution >= 4 is 27.7 Å². The highest BCUT2D eigenvalue weighted by molar-refractivity contribution is 7.92. The molecule has 0 unspecified atom stereocenters. The van der Waals surface area contributed by atoms with Crippen molar-refractivity contribution in [2.45, 2.75) is 6.92 Å². The number of nitrogens with zero attached hydrogens (tertiary/aromatic N) is 1. The number of para-hydroxylation sites is 1. The highest BCUT2D eigenvalue weighted by atomic mass is 32.2. The molecule has 0 aliphatic heterocycles. The number of benzene rings is 2. The zero-order valence-corrected chi connectivity index (χ0v) is 16.5. The number of carbonyl (C=O) groups excluding carboxylic acids is 1. The molecule has 0 aliphatic carbocycles. The van der Waals surface area contributed by atoms with E-state index in [0.717, 1.165) is 23.1 Å². The molecule has 2 aromatic carbocycles. The van der Waals surface area contributed by atoms with Gasteiger partial charge in [-0.15, -0.1) is 0 Å². The fraction of sp³-hybridized carbons (Fsp3) is 0.250. The lowest BCUT2D eigenvalue weighted by Crippen LogP contribution is -2.29. The normalized spacial score (nSPS) is 11.4. The lowest BCUT2D eigenvalue weighted by molar-refractivity contribution is -0.125. The number of carbonyl (C=O) groups is 1. The zero-order valence-electron chi connectivity index (χ0n) is 15.7. The number of aryl methyl sites for hydroxylation is 1. The Hall–Kier alpha value is -2.80. The van der Waals surface area contributed by atoms with Crippen LogP contribution in [0.3, 0.4) is 0 Å². The van der Waals surface area contributed by atoms with Crippen LogP contribution in [0.4, 0.5) is 5.69 Å². The van der Waals surface area contributed by atoms with Crippen molar-refractivity contribution in [2.75, 3.05) is 31.2 Å². The van der Waals surface area contributed by atoms with Crippen LogP contribution >= 0.6 is 0 Å². The van der Waals surface area contributed by atoms with Crippen LogP contribution in [0.5, 0.6) is 5.75 Å². The van der Waals surface area contributed by atoms with E-state index in [1.165, 1.54) is 6.08 Å². The third-order valence-corrected chi connectivity index (χ3v) is 4.39. The third kappa shape index (κ3) is 7.15. The van der Waals surface area contributed by atoms with Gasteiger partial charge in [0.2, 0.25) is 15.9 Å². The summed E-state index contributed by atoms with van der Waals surface area (Å²) in [5, 5.41) is 0. The van der Waals surface area contributed by atoms with Crippen LogP contribution in [-0.2, 0) is 14.8 Å². The van der Waals surface area contributed by atoms with Gasteiger partial charge in [-0.3, -0.25) is 9.52 Å². The van der Waals surface area contributed by atoms with Crippen LogP contribution in [0.2, 0.25) is 0 Å². The van der Waals surface area contributed by atoms with Gasteiger partial charge in [-0.2, -0.15) is 0 Å². The Balaban J connectivity index is 1.83. The second-order valence-electron chi connectivity index (χ2n) is 6.20. The molecular formula is C20H24N2O4S. The highest BCUT2D eigenvalue weighted by Crippen LogP contribution is 2.16. The van der Waals surface area contributed by atoms with E-state index in [1.807, 2.05) is 31.2 Å². The predicted octanol–water partition coefficient (Wildman–Crippen LogP) is 2.92. The van der Waals surface area contributed by atoms with Gasteiger partial charge in [0, 0.05) is 18.8 Å². The summed E-state index contributed by atoms with van der Waals surface area (Å²) < 4.78 is 30.5. The van der Waals surface area contributed by atoms with Gasteiger partial charge in [0.1, 0.15) is 12.4 Å². The van der Waals surface area contributed by atoms with Crippen molar-refractivity contribution in [1.82, 2.24) is 4.90 Å². The minimum absolute atomic E-state index is 0.137. The Morgan fingerprint density at radius 2 is 1.81 bits per heavy atom. The third-order valence-electron chi connectivity index (χ3n) is 3.79. The highest BCUT2D eigenvalue weighted by Gasteiger charge is 2.06. The van der Waals surface area contributed by atoms with Gasteiger partial charge in [-0.1, -0.05) is 30.3 Å². The molecule has 0 aliphatic rings. The molecule has 0 saturated carbocycles. The molecule has 7 heteroatoms. The molecular weight excluding hydrogens is 364 g/mol. The molecule has 0 aromatic heterocycles. The number of likely N-dealkylation sites (N-methyl/N-ethyl adjacent to an activating group) is 1. The van der Waals surface area contributed by atoms with E-state index in [2.05, 4.69) is 4.72 Å². The van der Waals surface area contributed by atoms with Gasteiger partial charge in [0.15, 0.2) is 0 Å². The van der Waals surface area contributed by atoms with Crippen LogP contribution in [0.15, 0.2) is 54.6 Å². The first kappa shape index (κ1) is 20.5. The number of rotatable bonds is 8. The molecule has 2 aromatic rings. The molecule has 1 amide bonds. The average Bonchev–Trinajstić information content (AvgIpc) is 2.61. The maximum atomic E-state index is 12.2. The van der Waals surface area contributed by atoms with E-state index < -0.39 is 10.0 Å². The van der Waals surface area contributed by atoms with Crippen molar-refractivity contribution in [3.05, 3.63) is 65.7 Å². The first-order chi connectivity index (χ1) is 12.7. The molecule has 0 radical (unpaired) electrons. The van der Waals surface area contributed by atoms with Crippen molar-refractivity contribution in [3.63, 3.8) is 0 Å². The minimum Gasteiger partial charge on any atom is -0.491 e. The minimum atomic E-state index is -3.30. The molecule has 6 nitrogen and oxygen atoms in total. The predicted molar refractivity (Wildman–Crippen MR) is 108 cm³/mol. The quantitative estimate of drug-likeness (QED) is 0.706. The Morgan fingerprint density at radius 1 is 1.15 bits per heavy atom. The summed E-state index contributed by atoms with van der Waals surface area (Å²) in [6.45, 7) is 2.85. The van der Waals surface area contributed by atoms with Gasteiger partial charge in [0.25, 0.3) is 0 Å². The smallest absolute Gasteiger partial charge is 0.246 e. The van der Waals surface area contributed by atoms with Crippen LogP contribution in [0.25, 0.3) is 6.08 Å². The standard InChI is InChI=1S/C20H24N2O4S/c1-16-6-4-5-7-19(16)26-15-14-22(2)20(23)13-10-17-8-11-18(12-9-17)21-27(3,24)25/h4-13,21H,14-15H2,1-3H3/b13-10+. The number of sulfonamides is 1. The lowest BCUT2D eigenvalue weighted by Gasteiger charge is -2.16. The van der Waals surface area contributed by atoms with Gasteiger partial charge in [-0.05, 0) is 42.3 Å². The first-order valence-corrected chi connectivity index (χ1v) is 10.3. The molecule has 0 saturated heterocycles. The molecule has 2 rings (SSSR count). The number of hydrogen-bond donors (Lipinski definition) is 1. The number of nitrogens with one attached hydrogen (secondary N) is 1. The largest absolute Gasteiger partial charge is 0.491 e. The van der Waals surface area contributed by atoms with Crippen molar-refractivity contribution in [1.29, 1.82) is 0 Å². The van der Waals surface area contributed by atoms with Gasteiger partial charge in [0.05, 0.1) is 12.8 Å². The van der Waals surface area contributed by atoms with Crippen LogP contribution in [0, 0.1) is 6.92 Å². The summed E-state index contributed by atoms with van der Waals surface area (Å²) in [4.78, 5) is 13.7. The van der Waals surface area contributed by atoms with E-state index in [0.29, 0.717) is 18.8 Å². The first-order valence-electron chi connectivity index (χ1n) is 8.44. The van der Waals surface area contributed by atoms with E-state index >= 15 is 0 Å². The van der Waals surface area contributed by atoms with Crippen LogP contribution in [0.1, 0.15) is 11.1 Å². The van der Waals surface area contributed by atoms with E-state index in [1.54, 1.807) is 42.3 Å². The summed E-state index contributed by atoms with van der Waals surface area (Å²) >= 11 is 0. The molecule has 0 heterocycles. The molecule has 27 heavy (non-hydrogen) atoms. The molecule has 0 atom stereocenters. The Bertz CT molecular complexity index is 906. The Labute approximate surface area is 160 Å². The van der Waals surface area contributed by atoms with Crippen molar-refractivity contribution in [3.8, 4) is 5.75 Å². The number of amides is 1. The second-order valence-corrected chi connectivity index (χ2v) is 7.95. The maximum absolute atomic E-state index is 12.2. The fourth-order valence-corrected chi connectivity index (χ4v) is 2.86. The number of ether oxygens (including phenoxy) is 1. The fourth-order valence-electron chi connectivity index (χ4n) is 2.29. The summed E-state index contributed by atoms with van der Waals surface area (Å²) in [5.74, 6) is 0.679. The number of anilines is 1. The van der Waals surface area contributed by atoms with Crippen molar-refractivity contribution < 1.29 is 17.9 Å². The second kappa shape index (κ2) is 9.23. The lowest BCUT2D eigenvalue weighted by atomic mass is 10.2. The average molecular weight is 388 g/mol. The van der Waals surface area contributed by atoms with E-state index in [-0.39, 0.29) is 5.91 Å². The van der Waals surface area contributed by atoms with E-state index in [9.17, 15) is 13.2 Å². The number of hydrogen-bond acceptors (Lipinski definition) is 4. The SMILES string of the molecule is Cc1ccccc1OCCN(C)C(=O)/C=C/c1ccc(NS(C)(=O)=O)cc1. The zero-order chi connectivity index (χ0) is 19.9. The van der Waals surface area contributed by atoms with Crippen LogP contribution < -0.4 is 9.46 Å². The summed E-state index contributed by atoms with van der Waals surface area (Å²) in [6.07, 6.45) is 4.26. The van der Waals surface area contributed by atoms with Gasteiger partial charge >= 0.3 is 0 Å². The molecule has 0 bridgehead atoms. The van der Waals surface area contributed by atoms with Crippen molar-refractivity contribution in [2.24, 2.45) is 0 Å². The summed E-state index contributed by atoms with van der Waals surface area (Å²) in [7, 11) is -1.58. The Morgan fingerprint density at radius 3 is 2.44 bits per heavy atom. The van der Waals surface area contributed by atoms with Crippen LogP contribution in [-0.4, -0.2) is 45.7 Å². The van der Waals surface area contributed by atoms with Gasteiger partial charge < -0.3 is 9.64 Å². The monoisotopic (exact) mass is 388 g/mol. The Kier molecular flexibility index (Phi) is 7.01. The maximum Gasteiger partial charge on any atom is 0.246 e. The topological polar surface area (TPSA) is 75.7 Å². The molecule has 0 spiro atoms. The van der Waals surface area contributed by atoms with E-state index in [4.69, 9.17) is 4.74 Å². The molecule has 1 N–H and O–H groups in total. The molecule has 144 valence electrons. The summed E-state index contributed by atoms with van der Waals surface area (Å²) in [5.41, 5.74) is 2.33. The summed E-state index contributed by atoms with van der Waals surface area (Å²) in [6, 6.07) is 14.5.